The Labute approximate surface area is 371 Å². The minimum absolute atomic E-state index is 0.833. The van der Waals surface area contributed by atoms with Gasteiger partial charge in [0.25, 0.3) is 0 Å². The lowest BCUT2D eigenvalue weighted by atomic mass is 9.84. The zero-order chi connectivity index (χ0) is 42.3. The van der Waals surface area contributed by atoms with E-state index >= 15 is 0 Å². The first-order valence-corrected chi connectivity index (χ1v) is 22.3. The summed E-state index contributed by atoms with van der Waals surface area (Å²) in [5, 5.41) is 9.98. The zero-order valence-electron chi connectivity index (χ0n) is 35.3. The van der Waals surface area contributed by atoms with E-state index in [-0.39, 0.29) is 0 Å². The molecule has 0 unspecified atom stereocenters. The molecule has 0 fully saturated rings. The van der Waals surface area contributed by atoms with Gasteiger partial charge in [-0.15, -0.1) is 0 Å². The van der Waals surface area contributed by atoms with Crippen LogP contribution >= 0.6 is 0 Å². The Morgan fingerprint density at radius 3 is 1.61 bits per heavy atom. The Balaban J connectivity index is 0.987. The summed E-state index contributed by atoms with van der Waals surface area (Å²) in [5.41, 5.74) is 16.5. The van der Waals surface area contributed by atoms with E-state index in [0.29, 0.717) is 0 Å². The third-order valence-corrected chi connectivity index (χ3v) is 13.4. The summed E-state index contributed by atoms with van der Waals surface area (Å²) < 4.78 is 2.37. The molecule has 0 amide bonds. The first kappa shape index (κ1) is 36.4. The second-order valence-corrected chi connectivity index (χ2v) is 17.0. The molecule has 12 aromatic rings. The van der Waals surface area contributed by atoms with Gasteiger partial charge in [0.15, 0.2) is 0 Å². The summed E-state index contributed by atoms with van der Waals surface area (Å²) in [4.78, 5) is 7.68. The van der Waals surface area contributed by atoms with Gasteiger partial charge in [-0.05, 0) is 125 Å². The van der Waals surface area contributed by atoms with E-state index in [1.54, 1.807) is 0 Å². The summed E-state index contributed by atoms with van der Waals surface area (Å²) in [6.45, 7) is 3.08. The van der Waals surface area contributed by atoms with E-state index in [2.05, 4.69) is 235 Å². The lowest BCUT2D eigenvalue weighted by molar-refractivity contribution is 0.975. The predicted octanol–water partition coefficient (Wildman–Crippen LogP) is 16.4. The number of benzene rings is 11. The van der Waals surface area contributed by atoms with Crippen molar-refractivity contribution in [2.75, 3.05) is 11.4 Å². The normalized spacial score (nSPS) is 12.2. The van der Waals surface area contributed by atoms with Crippen LogP contribution in [0.4, 0.5) is 11.4 Å². The van der Waals surface area contributed by atoms with Gasteiger partial charge in [0.2, 0.25) is 0 Å². The fourth-order valence-corrected chi connectivity index (χ4v) is 10.5. The highest BCUT2D eigenvalue weighted by molar-refractivity contribution is 6.22. The third kappa shape index (κ3) is 5.57. The van der Waals surface area contributed by atoms with Crippen LogP contribution in [0.3, 0.4) is 0 Å². The first-order valence-electron chi connectivity index (χ1n) is 22.3. The van der Waals surface area contributed by atoms with Crippen LogP contribution in [-0.4, -0.2) is 16.1 Å². The van der Waals surface area contributed by atoms with Crippen molar-refractivity contribution in [3.63, 3.8) is 0 Å². The van der Waals surface area contributed by atoms with Gasteiger partial charge >= 0.3 is 0 Å². The number of hydrogen-bond acceptors (Lipinski definition) is 2. The molecule has 1 aliphatic heterocycles. The number of fused-ring (bicyclic) bond motifs is 6. The number of hydrogen-bond donors (Lipinski definition) is 0. The van der Waals surface area contributed by atoms with Gasteiger partial charge in [-0.2, -0.15) is 0 Å². The molecule has 1 aliphatic rings. The molecule has 0 N–H and O–H groups in total. The highest BCUT2D eigenvalue weighted by atomic mass is 15.2. The van der Waals surface area contributed by atoms with Crippen molar-refractivity contribution < 1.29 is 0 Å². The Hall–Kier alpha value is -8.27. The first-order chi connectivity index (χ1) is 31.7. The molecule has 3 nitrogen and oxygen atoms in total. The molecular formula is C61H41N3. The van der Waals surface area contributed by atoms with Crippen LogP contribution < -0.4 is 4.90 Å². The van der Waals surface area contributed by atoms with E-state index < -0.39 is 0 Å². The van der Waals surface area contributed by atoms with Crippen molar-refractivity contribution in [3.8, 4) is 61.6 Å². The fraction of sp³-hybridized carbons (Fsp3) is 0.0328. The Morgan fingerprint density at radius 2 is 0.922 bits per heavy atom. The standard InChI is InChI=1S/C61H41N3/c1-2-63-55-24-13-23-54-60(55)64(61(62-54)43-16-4-3-5-17-43)56-25-12-22-49(59(56)63)42-30-26-41(27-31-42)46-34-35-52-53(38-46)58(48-33-29-40-15-7-9-19-45(40)37-48)51-21-11-10-20-50(51)57(52)47-32-28-39-14-6-8-18-44(39)36-47/h3-38H,2H2,1H3. The molecule has 0 saturated carbocycles. The van der Waals surface area contributed by atoms with Crippen molar-refractivity contribution in [1.29, 1.82) is 0 Å². The summed E-state index contributed by atoms with van der Waals surface area (Å²) >= 11 is 0. The highest BCUT2D eigenvalue weighted by Crippen LogP contribution is 2.50. The van der Waals surface area contributed by atoms with Gasteiger partial charge in [-0.1, -0.05) is 182 Å². The van der Waals surface area contributed by atoms with Crippen molar-refractivity contribution in [3.05, 3.63) is 218 Å². The lowest BCUT2D eigenvalue weighted by Crippen LogP contribution is -2.23. The van der Waals surface area contributed by atoms with E-state index in [0.717, 1.165) is 34.7 Å². The van der Waals surface area contributed by atoms with Gasteiger partial charge < -0.3 is 4.90 Å². The largest absolute Gasteiger partial charge is 0.338 e. The number of para-hydroxylation sites is 2. The molecule has 3 heteroatoms. The van der Waals surface area contributed by atoms with Crippen LogP contribution in [0.5, 0.6) is 0 Å². The minimum atomic E-state index is 0.833. The highest BCUT2D eigenvalue weighted by Gasteiger charge is 2.30. The maximum atomic E-state index is 5.22. The van der Waals surface area contributed by atoms with Crippen molar-refractivity contribution in [2.24, 2.45) is 0 Å². The monoisotopic (exact) mass is 815 g/mol. The van der Waals surface area contributed by atoms with Crippen molar-refractivity contribution in [2.45, 2.75) is 6.92 Å². The molecule has 0 radical (unpaired) electrons. The van der Waals surface area contributed by atoms with Crippen molar-refractivity contribution in [1.82, 2.24) is 9.55 Å². The second kappa shape index (κ2) is 14.4. The van der Waals surface area contributed by atoms with Crippen LogP contribution in [0.1, 0.15) is 6.92 Å². The molecule has 64 heavy (non-hydrogen) atoms. The van der Waals surface area contributed by atoms with E-state index in [9.17, 15) is 0 Å². The quantitative estimate of drug-likeness (QED) is 0.156. The summed E-state index contributed by atoms with van der Waals surface area (Å²) in [5.74, 6) is 0.962. The third-order valence-electron chi connectivity index (χ3n) is 13.4. The molecule has 0 spiro atoms. The Morgan fingerprint density at radius 1 is 0.375 bits per heavy atom. The zero-order valence-corrected chi connectivity index (χ0v) is 35.3. The smallest absolute Gasteiger partial charge is 0.145 e. The molecule has 2 heterocycles. The molecule has 300 valence electrons. The second-order valence-electron chi connectivity index (χ2n) is 17.0. The van der Waals surface area contributed by atoms with Crippen LogP contribution in [0.25, 0.3) is 116 Å². The van der Waals surface area contributed by atoms with Crippen LogP contribution in [0.2, 0.25) is 0 Å². The maximum absolute atomic E-state index is 5.22. The summed E-state index contributed by atoms with van der Waals surface area (Å²) in [6.07, 6.45) is 0. The SMILES string of the molecule is CCN1c2c(-c3ccc(-c4ccc5c(-c6ccc7ccccc7c6)c6ccccc6c(-c6ccc7ccccc7c6)c5c4)cc3)cccc2-n2c(-c3ccccc3)nc3cccc1c32. The maximum Gasteiger partial charge on any atom is 0.145 e. The fourth-order valence-electron chi connectivity index (χ4n) is 10.5. The molecule has 0 bridgehead atoms. The summed E-state index contributed by atoms with van der Waals surface area (Å²) in [6, 6.07) is 80.2. The molecule has 1 aromatic heterocycles. The van der Waals surface area contributed by atoms with Gasteiger partial charge in [0.1, 0.15) is 5.82 Å². The van der Waals surface area contributed by atoms with E-state index in [4.69, 9.17) is 4.98 Å². The van der Waals surface area contributed by atoms with Gasteiger partial charge in [-0.3, -0.25) is 4.57 Å². The number of imidazole rings is 1. The van der Waals surface area contributed by atoms with Crippen LogP contribution in [0.15, 0.2) is 218 Å². The Bertz CT molecular complexity index is 3820. The predicted molar refractivity (Wildman–Crippen MR) is 271 cm³/mol. The Kier molecular flexibility index (Phi) is 8.19. The van der Waals surface area contributed by atoms with Gasteiger partial charge in [0, 0.05) is 17.7 Å². The summed E-state index contributed by atoms with van der Waals surface area (Å²) in [7, 11) is 0. The molecule has 13 rings (SSSR count). The lowest BCUT2D eigenvalue weighted by Gasteiger charge is -2.34. The van der Waals surface area contributed by atoms with E-state index in [1.807, 2.05) is 0 Å². The molecule has 0 atom stereocenters. The number of anilines is 2. The minimum Gasteiger partial charge on any atom is -0.338 e. The topological polar surface area (TPSA) is 21.1 Å². The van der Waals surface area contributed by atoms with Crippen LogP contribution in [-0.2, 0) is 0 Å². The van der Waals surface area contributed by atoms with Crippen molar-refractivity contribution >= 4 is 65.5 Å². The van der Waals surface area contributed by atoms with Gasteiger partial charge in [0.05, 0.1) is 28.1 Å². The van der Waals surface area contributed by atoms with Gasteiger partial charge in [-0.25, -0.2) is 4.98 Å². The molecule has 0 saturated heterocycles. The molecule has 0 aliphatic carbocycles. The van der Waals surface area contributed by atoms with E-state index in [1.165, 1.54) is 99.0 Å². The molecule has 11 aromatic carbocycles. The van der Waals surface area contributed by atoms with Crippen LogP contribution in [0, 0.1) is 0 Å². The average molecular weight is 816 g/mol. The average Bonchev–Trinajstić information content (AvgIpc) is 3.76. The molecular weight excluding hydrogens is 775 g/mol. The number of aromatic nitrogens is 2. The number of nitrogens with zero attached hydrogens (tertiary/aromatic N) is 3. The number of rotatable bonds is 6.